The highest BCUT2D eigenvalue weighted by molar-refractivity contribution is 7.93. The normalized spacial score (nSPS) is 14.7. The van der Waals surface area contributed by atoms with E-state index >= 15 is 0 Å². The number of hydrogen-bond acceptors (Lipinski definition) is 7. The van der Waals surface area contributed by atoms with Crippen molar-refractivity contribution in [2.75, 3.05) is 6.54 Å². The molecule has 1 aliphatic rings. The number of nitrogens with zero attached hydrogens (tertiary/aromatic N) is 4. The third kappa shape index (κ3) is 4.39. The molecular formula is C21H24N4O2S2. The Morgan fingerprint density at radius 2 is 1.93 bits per heavy atom. The molecule has 4 rings (SSSR count). The lowest BCUT2D eigenvalue weighted by atomic mass is 10.1. The quantitative estimate of drug-likeness (QED) is 0.597. The molecule has 8 heteroatoms. The average molecular weight is 429 g/mol. The molecule has 0 unspecified atom stereocenters. The SMILES string of the molecule is CCCc1ncc2c(n1)CCN(Cc1cnc(S(=O)(=O)c3ccc(C)cc3)s1)C2. The second-order valence-corrected chi connectivity index (χ2v) is 10.6. The molecule has 0 radical (unpaired) electrons. The Morgan fingerprint density at radius 1 is 1.14 bits per heavy atom. The summed E-state index contributed by atoms with van der Waals surface area (Å²) >= 11 is 1.25. The molecule has 6 nitrogen and oxygen atoms in total. The van der Waals surface area contributed by atoms with Gasteiger partial charge in [-0.05, 0) is 25.5 Å². The van der Waals surface area contributed by atoms with Crippen LogP contribution < -0.4 is 0 Å². The fraction of sp³-hybridized carbons (Fsp3) is 0.381. The van der Waals surface area contributed by atoms with Crippen LogP contribution in [-0.4, -0.2) is 34.8 Å². The molecule has 0 fully saturated rings. The average Bonchev–Trinajstić information content (AvgIpc) is 3.18. The number of sulfone groups is 1. The maximum Gasteiger partial charge on any atom is 0.233 e. The fourth-order valence-corrected chi connectivity index (χ4v) is 6.04. The summed E-state index contributed by atoms with van der Waals surface area (Å²) < 4.78 is 25.8. The molecule has 0 N–H and O–H groups in total. The van der Waals surface area contributed by atoms with Gasteiger partial charge < -0.3 is 0 Å². The summed E-state index contributed by atoms with van der Waals surface area (Å²) in [6, 6.07) is 6.89. The van der Waals surface area contributed by atoms with Gasteiger partial charge in [-0.1, -0.05) is 24.6 Å². The van der Waals surface area contributed by atoms with E-state index in [0.29, 0.717) is 6.54 Å². The number of rotatable bonds is 6. The van der Waals surface area contributed by atoms with E-state index < -0.39 is 9.84 Å². The molecule has 3 heterocycles. The summed E-state index contributed by atoms with van der Waals surface area (Å²) in [5.41, 5.74) is 3.33. The minimum Gasteiger partial charge on any atom is -0.293 e. The second-order valence-electron chi connectivity index (χ2n) is 7.38. The highest BCUT2D eigenvalue weighted by atomic mass is 32.2. The van der Waals surface area contributed by atoms with Crippen LogP contribution in [0.4, 0.5) is 0 Å². The predicted molar refractivity (Wildman–Crippen MR) is 113 cm³/mol. The van der Waals surface area contributed by atoms with Crippen LogP contribution >= 0.6 is 11.3 Å². The molecule has 1 aliphatic heterocycles. The van der Waals surface area contributed by atoms with Crippen LogP contribution in [0.15, 0.2) is 45.9 Å². The molecular weight excluding hydrogens is 404 g/mol. The predicted octanol–water partition coefficient (Wildman–Crippen LogP) is 3.59. The van der Waals surface area contributed by atoms with Crippen molar-refractivity contribution in [1.82, 2.24) is 19.9 Å². The van der Waals surface area contributed by atoms with Gasteiger partial charge in [-0.3, -0.25) is 4.90 Å². The van der Waals surface area contributed by atoms with Gasteiger partial charge >= 0.3 is 0 Å². The van der Waals surface area contributed by atoms with E-state index in [4.69, 9.17) is 4.98 Å². The van der Waals surface area contributed by atoms with E-state index in [1.165, 1.54) is 11.3 Å². The first-order chi connectivity index (χ1) is 14.0. The lowest BCUT2D eigenvalue weighted by molar-refractivity contribution is 0.244. The van der Waals surface area contributed by atoms with Gasteiger partial charge in [0.2, 0.25) is 14.2 Å². The van der Waals surface area contributed by atoms with Crippen molar-refractivity contribution < 1.29 is 8.42 Å². The van der Waals surface area contributed by atoms with Gasteiger partial charge in [-0.15, -0.1) is 11.3 Å². The second kappa shape index (κ2) is 8.30. The van der Waals surface area contributed by atoms with Crippen molar-refractivity contribution in [3.63, 3.8) is 0 Å². The van der Waals surface area contributed by atoms with E-state index in [0.717, 1.165) is 59.9 Å². The molecule has 0 bridgehead atoms. The number of hydrogen-bond donors (Lipinski definition) is 0. The van der Waals surface area contributed by atoms with E-state index in [-0.39, 0.29) is 9.24 Å². The largest absolute Gasteiger partial charge is 0.293 e. The standard InChI is InChI=1S/C21H24N4O2S2/c1-3-4-20-22-11-16-13-25(10-9-19(16)24-20)14-17-12-23-21(28-17)29(26,27)18-7-5-15(2)6-8-18/h5-8,11-12H,3-4,9-10,13-14H2,1-2H3. The van der Waals surface area contributed by atoms with Crippen LogP contribution in [0, 0.1) is 6.92 Å². The maximum absolute atomic E-state index is 12.8. The topological polar surface area (TPSA) is 76.1 Å². The summed E-state index contributed by atoms with van der Waals surface area (Å²) in [6.45, 7) is 6.42. The molecule has 0 atom stereocenters. The Labute approximate surface area is 175 Å². The third-order valence-electron chi connectivity index (χ3n) is 5.01. The smallest absolute Gasteiger partial charge is 0.233 e. The minimum atomic E-state index is -3.57. The van der Waals surface area contributed by atoms with Gasteiger partial charge in [0.05, 0.1) is 4.90 Å². The zero-order valence-electron chi connectivity index (χ0n) is 16.6. The number of fused-ring (bicyclic) bond motifs is 1. The Morgan fingerprint density at radius 3 is 2.69 bits per heavy atom. The van der Waals surface area contributed by atoms with Gasteiger partial charge in [0.15, 0.2) is 0 Å². The highest BCUT2D eigenvalue weighted by Crippen LogP contribution is 2.27. The van der Waals surface area contributed by atoms with Gasteiger partial charge in [0, 0.05) is 61.0 Å². The van der Waals surface area contributed by atoms with Gasteiger partial charge in [0.1, 0.15) is 5.82 Å². The lowest BCUT2D eigenvalue weighted by Gasteiger charge is -2.27. The first kappa shape index (κ1) is 20.1. The molecule has 2 aromatic heterocycles. The summed E-state index contributed by atoms with van der Waals surface area (Å²) in [5.74, 6) is 0.924. The molecule has 0 aliphatic carbocycles. The Bertz CT molecular complexity index is 1110. The number of aromatic nitrogens is 3. The van der Waals surface area contributed by atoms with Crippen molar-refractivity contribution in [2.45, 2.75) is 55.4 Å². The third-order valence-corrected chi connectivity index (χ3v) is 8.15. The van der Waals surface area contributed by atoms with Crippen molar-refractivity contribution in [1.29, 1.82) is 0 Å². The Kier molecular flexibility index (Phi) is 5.76. The van der Waals surface area contributed by atoms with Crippen LogP contribution in [0.2, 0.25) is 0 Å². The van der Waals surface area contributed by atoms with Crippen LogP contribution in [0.3, 0.4) is 0 Å². The van der Waals surface area contributed by atoms with Crippen LogP contribution in [0.1, 0.15) is 40.9 Å². The molecule has 3 aromatic rings. The first-order valence-corrected chi connectivity index (χ1v) is 12.1. The molecule has 29 heavy (non-hydrogen) atoms. The molecule has 0 saturated carbocycles. The number of aryl methyl sites for hydroxylation is 2. The summed E-state index contributed by atoms with van der Waals surface area (Å²) in [5, 5.41) is 0. The molecule has 152 valence electrons. The van der Waals surface area contributed by atoms with E-state index in [1.54, 1.807) is 30.5 Å². The molecule has 0 saturated heterocycles. The monoisotopic (exact) mass is 428 g/mol. The van der Waals surface area contributed by atoms with E-state index in [2.05, 4.69) is 21.8 Å². The zero-order chi connectivity index (χ0) is 20.4. The van der Waals surface area contributed by atoms with Gasteiger partial charge in [-0.2, -0.15) is 0 Å². The summed E-state index contributed by atoms with van der Waals surface area (Å²) in [7, 11) is -3.57. The van der Waals surface area contributed by atoms with Crippen LogP contribution in [-0.2, 0) is 35.8 Å². The minimum absolute atomic E-state index is 0.154. The Balaban J connectivity index is 1.46. The summed E-state index contributed by atoms with van der Waals surface area (Å²) in [6.07, 6.45) is 6.48. The molecule has 0 amide bonds. The highest BCUT2D eigenvalue weighted by Gasteiger charge is 2.23. The Hall–Kier alpha value is -2.16. The van der Waals surface area contributed by atoms with Crippen molar-refractivity contribution in [2.24, 2.45) is 0 Å². The summed E-state index contributed by atoms with van der Waals surface area (Å²) in [4.78, 5) is 16.9. The maximum atomic E-state index is 12.8. The molecule has 1 aromatic carbocycles. The van der Waals surface area contributed by atoms with Gasteiger partial charge in [-0.25, -0.2) is 23.4 Å². The molecule has 0 spiro atoms. The number of thiazole rings is 1. The van der Waals surface area contributed by atoms with Crippen molar-refractivity contribution in [3.8, 4) is 0 Å². The first-order valence-electron chi connectivity index (χ1n) is 9.78. The van der Waals surface area contributed by atoms with Gasteiger partial charge in [0.25, 0.3) is 0 Å². The number of benzene rings is 1. The fourth-order valence-electron chi connectivity index (χ4n) is 3.42. The van der Waals surface area contributed by atoms with Crippen molar-refractivity contribution in [3.05, 3.63) is 64.2 Å². The van der Waals surface area contributed by atoms with E-state index in [9.17, 15) is 8.42 Å². The van der Waals surface area contributed by atoms with Crippen LogP contribution in [0.5, 0.6) is 0 Å². The van der Waals surface area contributed by atoms with Crippen molar-refractivity contribution >= 4 is 21.2 Å². The van der Waals surface area contributed by atoms with Crippen LogP contribution in [0.25, 0.3) is 0 Å². The zero-order valence-corrected chi connectivity index (χ0v) is 18.3. The van der Waals surface area contributed by atoms with E-state index in [1.807, 2.05) is 13.1 Å². The lowest BCUT2D eigenvalue weighted by Crippen LogP contribution is -2.30.